The third-order valence-corrected chi connectivity index (χ3v) is 2.27. The fourth-order valence-corrected chi connectivity index (χ4v) is 1.80. The first-order chi connectivity index (χ1) is 6.09. The molecule has 0 bridgehead atoms. The summed E-state index contributed by atoms with van der Waals surface area (Å²) in [6.07, 6.45) is 0. The highest BCUT2D eigenvalue weighted by atomic mass is 15.1. The molecule has 0 unspecified atom stereocenters. The van der Waals surface area contributed by atoms with Gasteiger partial charge in [0.1, 0.15) is 11.6 Å². The van der Waals surface area contributed by atoms with Crippen LogP contribution in [0.15, 0.2) is 6.07 Å². The van der Waals surface area contributed by atoms with Crippen molar-refractivity contribution >= 4 is 5.52 Å². The van der Waals surface area contributed by atoms with Gasteiger partial charge in [0.05, 0.1) is 11.2 Å². The third kappa shape index (κ3) is 1.11. The standard InChI is InChI=1S/C10H13N3/c1-6-5-10-7(2)12-9(4)13(10)8(3)11-6/h5H,1-4H3. The summed E-state index contributed by atoms with van der Waals surface area (Å²) in [4.78, 5) is 8.81. The van der Waals surface area contributed by atoms with Gasteiger partial charge in [-0.25, -0.2) is 9.97 Å². The molecule has 2 aromatic rings. The quantitative estimate of drug-likeness (QED) is 0.612. The molecule has 0 atom stereocenters. The van der Waals surface area contributed by atoms with Gasteiger partial charge in [-0.3, -0.25) is 4.40 Å². The highest BCUT2D eigenvalue weighted by Gasteiger charge is 2.07. The molecule has 68 valence electrons. The molecule has 0 N–H and O–H groups in total. The van der Waals surface area contributed by atoms with Crippen molar-refractivity contribution in [1.82, 2.24) is 14.4 Å². The molecule has 0 spiro atoms. The van der Waals surface area contributed by atoms with Gasteiger partial charge in [0.15, 0.2) is 0 Å². The number of nitrogens with zero attached hydrogens (tertiary/aromatic N) is 3. The molecule has 13 heavy (non-hydrogen) atoms. The lowest BCUT2D eigenvalue weighted by atomic mass is 10.3. The van der Waals surface area contributed by atoms with Gasteiger partial charge < -0.3 is 0 Å². The Labute approximate surface area is 77.4 Å². The molecule has 0 amide bonds. The van der Waals surface area contributed by atoms with Crippen LogP contribution in [0.3, 0.4) is 0 Å². The zero-order chi connectivity index (χ0) is 9.59. The first-order valence-corrected chi connectivity index (χ1v) is 4.39. The Morgan fingerprint density at radius 3 is 2.31 bits per heavy atom. The molecule has 3 heteroatoms. The maximum absolute atomic E-state index is 4.42. The van der Waals surface area contributed by atoms with Crippen molar-refractivity contribution in [3.63, 3.8) is 0 Å². The highest BCUT2D eigenvalue weighted by molar-refractivity contribution is 5.53. The maximum Gasteiger partial charge on any atom is 0.111 e. The lowest BCUT2D eigenvalue weighted by molar-refractivity contribution is 0.916. The van der Waals surface area contributed by atoms with E-state index in [4.69, 9.17) is 0 Å². The molecule has 0 radical (unpaired) electrons. The van der Waals surface area contributed by atoms with Gasteiger partial charge in [0.25, 0.3) is 0 Å². The number of imidazole rings is 1. The summed E-state index contributed by atoms with van der Waals surface area (Å²) in [7, 11) is 0. The number of rotatable bonds is 0. The van der Waals surface area contributed by atoms with Crippen LogP contribution < -0.4 is 0 Å². The predicted octanol–water partition coefficient (Wildman–Crippen LogP) is 1.96. The molecule has 2 aromatic heterocycles. The zero-order valence-corrected chi connectivity index (χ0v) is 8.42. The average molecular weight is 175 g/mol. The second kappa shape index (κ2) is 2.55. The van der Waals surface area contributed by atoms with Crippen LogP contribution in [0.4, 0.5) is 0 Å². The molecule has 0 saturated carbocycles. The number of aryl methyl sites for hydroxylation is 4. The van der Waals surface area contributed by atoms with E-state index in [-0.39, 0.29) is 0 Å². The molecule has 0 fully saturated rings. The van der Waals surface area contributed by atoms with E-state index in [1.807, 2.05) is 27.7 Å². The van der Waals surface area contributed by atoms with E-state index in [1.165, 1.54) is 5.52 Å². The van der Waals surface area contributed by atoms with E-state index >= 15 is 0 Å². The van der Waals surface area contributed by atoms with Crippen molar-refractivity contribution in [2.75, 3.05) is 0 Å². The Hall–Kier alpha value is -1.38. The number of fused-ring (bicyclic) bond motifs is 1. The van der Waals surface area contributed by atoms with E-state index in [2.05, 4.69) is 20.4 Å². The van der Waals surface area contributed by atoms with Gasteiger partial charge in [-0.15, -0.1) is 0 Å². The van der Waals surface area contributed by atoms with Crippen LogP contribution in [0, 0.1) is 27.7 Å². The van der Waals surface area contributed by atoms with Crippen molar-refractivity contribution in [2.45, 2.75) is 27.7 Å². The Balaban J connectivity index is 2.97. The van der Waals surface area contributed by atoms with E-state index in [0.717, 1.165) is 23.0 Å². The number of hydrogen-bond acceptors (Lipinski definition) is 2. The Morgan fingerprint density at radius 2 is 1.62 bits per heavy atom. The lowest BCUT2D eigenvalue weighted by Gasteiger charge is -2.02. The third-order valence-electron chi connectivity index (χ3n) is 2.27. The van der Waals surface area contributed by atoms with E-state index < -0.39 is 0 Å². The molecule has 2 heterocycles. The van der Waals surface area contributed by atoms with Gasteiger partial charge in [-0.05, 0) is 33.8 Å². The van der Waals surface area contributed by atoms with Gasteiger partial charge >= 0.3 is 0 Å². The summed E-state index contributed by atoms with van der Waals surface area (Å²) >= 11 is 0. The molecule has 0 aliphatic rings. The first-order valence-electron chi connectivity index (χ1n) is 4.39. The Morgan fingerprint density at radius 1 is 1.00 bits per heavy atom. The smallest absolute Gasteiger partial charge is 0.111 e. The summed E-state index contributed by atoms with van der Waals surface area (Å²) in [5.74, 6) is 2.02. The molecule has 0 saturated heterocycles. The van der Waals surface area contributed by atoms with E-state index in [0.29, 0.717) is 0 Å². The topological polar surface area (TPSA) is 30.2 Å². The zero-order valence-electron chi connectivity index (χ0n) is 8.42. The van der Waals surface area contributed by atoms with Gasteiger partial charge in [-0.2, -0.15) is 0 Å². The largest absolute Gasteiger partial charge is 0.285 e. The minimum atomic E-state index is 1.01. The summed E-state index contributed by atoms with van der Waals surface area (Å²) in [5.41, 5.74) is 3.29. The summed E-state index contributed by atoms with van der Waals surface area (Å²) in [6.45, 7) is 8.05. The lowest BCUT2D eigenvalue weighted by Crippen LogP contribution is -1.98. The van der Waals surface area contributed by atoms with Gasteiger partial charge in [-0.1, -0.05) is 0 Å². The predicted molar refractivity (Wildman–Crippen MR) is 51.9 cm³/mol. The van der Waals surface area contributed by atoms with E-state index in [9.17, 15) is 0 Å². The van der Waals surface area contributed by atoms with Crippen LogP contribution in [0.5, 0.6) is 0 Å². The second-order valence-corrected chi connectivity index (χ2v) is 3.41. The fourth-order valence-electron chi connectivity index (χ4n) is 1.80. The summed E-state index contributed by atoms with van der Waals surface area (Å²) < 4.78 is 2.09. The van der Waals surface area contributed by atoms with Crippen molar-refractivity contribution in [3.8, 4) is 0 Å². The highest BCUT2D eigenvalue weighted by Crippen LogP contribution is 2.14. The molecule has 3 nitrogen and oxygen atoms in total. The van der Waals surface area contributed by atoms with Crippen LogP contribution in [0.2, 0.25) is 0 Å². The molecular weight excluding hydrogens is 162 g/mol. The summed E-state index contributed by atoms with van der Waals surface area (Å²) in [6, 6.07) is 2.07. The van der Waals surface area contributed by atoms with Crippen molar-refractivity contribution in [2.24, 2.45) is 0 Å². The Bertz CT molecular complexity index is 468. The first kappa shape index (κ1) is 8.23. The Kier molecular flexibility index (Phi) is 1.62. The van der Waals surface area contributed by atoms with Gasteiger partial charge in [0, 0.05) is 5.69 Å². The second-order valence-electron chi connectivity index (χ2n) is 3.41. The molecule has 0 aromatic carbocycles. The summed E-state index contributed by atoms with van der Waals surface area (Å²) in [5, 5.41) is 0. The van der Waals surface area contributed by atoms with Crippen molar-refractivity contribution < 1.29 is 0 Å². The molecule has 0 aliphatic carbocycles. The SMILES string of the molecule is Cc1cc2c(C)nc(C)n2c(C)n1. The van der Waals surface area contributed by atoms with Crippen LogP contribution in [-0.4, -0.2) is 14.4 Å². The van der Waals surface area contributed by atoms with E-state index in [1.54, 1.807) is 0 Å². The molecule has 2 rings (SSSR count). The van der Waals surface area contributed by atoms with Crippen molar-refractivity contribution in [1.29, 1.82) is 0 Å². The minimum absolute atomic E-state index is 1.01. The van der Waals surface area contributed by atoms with Crippen LogP contribution in [-0.2, 0) is 0 Å². The average Bonchev–Trinajstić information content (AvgIpc) is 2.27. The minimum Gasteiger partial charge on any atom is -0.285 e. The van der Waals surface area contributed by atoms with Crippen molar-refractivity contribution in [3.05, 3.63) is 29.1 Å². The van der Waals surface area contributed by atoms with Crippen LogP contribution >= 0.6 is 0 Å². The van der Waals surface area contributed by atoms with Crippen LogP contribution in [0.25, 0.3) is 5.52 Å². The molecular formula is C10H13N3. The molecule has 0 aliphatic heterocycles. The normalized spacial score (nSPS) is 11.1. The fraction of sp³-hybridized carbons (Fsp3) is 0.400. The number of hydrogen-bond donors (Lipinski definition) is 0. The van der Waals surface area contributed by atoms with Crippen LogP contribution in [0.1, 0.15) is 23.0 Å². The monoisotopic (exact) mass is 175 g/mol. The maximum atomic E-state index is 4.42. The number of aromatic nitrogens is 3. The van der Waals surface area contributed by atoms with Gasteiger partial charge in [0.2, 0.25) is 0 Å².